The molecule has 308 valence electrons. The van der Waals surface area contributed by atoms with Crippen molar-refractivity contribution < 1.29 is 0 Å². The number of fused-ring (bicyclic) bond motifs is 4. The SMILES string of the molecule is c1ccc(-c2nc(-c3ccccc3)nc(-c3ccc4c5c6ccc7ccc(-c8ccc(N(c9ccccc9)c9ccccc9)cc8)c8ccc(cc5n(-c5ccccc5)c4c3)c6c78)n2)cc1. The molecule has 0 radical (unpaired) electrons. The van der Waals surface area contributed by atoms with Crippen molar-refractivity contribution in [3.05, 3.63) is 237 Å². The molecule has 11 aromatic carbocycles. The normalized spacial score (nSPS) is 11.6. The Morgan fingerprint density at radius 1 is 0.303 bits per heavy atom. The van der Waals surface area contributed by atoms with Gasteiger partial charge in [0.05, 0.1) is 11.0 Å². The Bertz CT molecular complexity index is 3790. The first-order valence-electron chi connectivity index (χ1n) is 22.4. The summed E-state index contributed by atoms with van der Waals surface area (Å²) in [7, 11) is 0. The van der Waals surface area contributed by atoms with E-state index in [9.17, 15) is 0 Å². The van der Waals surface area contributed by atoms with Crippen LogP contribution >= 0.6 is 0 Å². The highest BCUT2D eigenvalue weighted by Crippen LogP contribution is 2.46. The lowest BCUT2D eigenvalue weighted by Gasteiger charge is -2.25. The summed E-state index contributed by atoms with van der Waals surface area (Å²) < 4.78 is 2.40. The number of hydrogen-bond acceptors (Lipinski definition) is 4. The van der Waals surface area contributed by atoms with E-state index < -0.39 is 0 Å². The maximum atomic E-state index is 5.11. The molecule has 5 heteroatoms. The van der Waals surface area contributed by atoms with Crippen LogP contribution in [0.5, 0.6) is 0 Å². The minimum Gasteiger partial charge on any atom is -0.311 e. The highest BCUT2D eigenvalue weighted by atomic mass is 15.1. The van der Waals surface area contributed by atoms with Gasteiger partial charge in [0.25, 0.3) is 0 Å². The molecule has 0 saturated heterocycles. The average Bonchev–Trinajstić information content (AvgIpc) is 3.73. The molecule has 2 aromatic heterocycles. The molecule has 13 aromatic rings. The fourth-order valence-corrected chi connectivity index (χ4v) is 9.95. The molecule has 0 amide bonds. The van der Waals surface area contributed by atoms with Gasteiger partial charge in [-0.1, -0.05) is 176 Å². The van der Waals surface area contributed by atoms with E-state index >= 15 is 0 Å². The summed E-state index contributed by atoms with van der Waals surface area (Å²) in [6.07, 6.45) is 0. The summed E-state index contributed by atoms with van der Waals surface area (Å²) in [5, 5.41) is 9.89. The Morgan fingerprint density at radius 2 is 0.773 bits per heavy atom. The lowest BCUT2D eigenvalue weighted by atomic mass is 9.88. The Hall–Kier alpha value is -8.93. The number of anilines is 3. The molecule has 0 fully saturated rings. The first kappa shape index (κ1) is 37.6. The quantitative estimate of drug-likeness (QED) is 0.143. The van der Waals surface area contributed by atoms with E-state index in [0.717, 1.165) is 50.5 Å². The molecule has 0 N–H and O–H groups in total. The molecule has 0 aliphatic rings. The van der Waals surface area contributed by atoms with Gasteiger partial charge in [0.2, 0.25) is 0 Å². The summed E-state index contributed by atoms with van der Waals surface area (Å²) in [5.74, 6) is 1.91. The average molecular weight is 842 g/mol. The Labute approximate surface area is 381 Å². The molecular formula is C61H39N5. The number of benzene rings is 11. The molecule has 0 bridgehead atoms. The minimum atomic E-state index is 0.630. The third kappa shape index (κ3) is 6.21. The highest BCUT2D eigenvalue weighted by molar-refractivity contribution is 6.34. The van der Waals surface area contributed by atoms with Crippen LogP contribution < -0.4 is 4.90 Å². The first-order valence-corrected chi connectivity index (χ1v) is 22.4. The van der Waals surface area contributed by atoms with Gasteiger partial charge in [-0.15, -0.1) is 0 Å². The van der Waals surface area contributed by atoms with E-state index in [-0.39, 0.29) is 0 Å². The summed E-state index contributed by atoms with van der Waals surface area (Å²) in [6.45, 7) is 0. The minimum absolute atomic E-state index is 0.630. The van der Waals surface area contributed by atoms with Crippen LogP contribution in [0.4, 0.5) is 17.1 Å². The standard InChI is InChI=1S/C61H39N5/c1-6-16-42(17-7-1)59-62-60(43-18-8-2-9-19-43)64-61(63-59)45-31-36-52-54(39-45)66(48-24-14-5-15-25-48)55-38-44-30-35-51-50(34-28-41-29-37-53(58(52)55)57(44)56(41)51)40-26-32-49(33-27-40)65(46-20-10-3-11-21-46)47-22-12-4-13-23-47/h1-39H. The van der Waals surface area contributed by atoms with Crippen LogP contribution in [0.15, 0.2) is 237 Å². The van der Waals surface area contributed by atoms with Crippen molar-refractivity contribution in [3.8, 4) is 51.0 Å². The van der Waals surface area contributed by atoms with Gasteiger partial charge >= 0.3 is 0 Å². The number of aromatic nitrogens is 4. The molecule has 0 spiro atoms. The fraction of sp³-hybridized carbons (Fsp3) is 0. The lowest BCUT2D eigenvalue weighted by molar-refractivity contribution is 1.07. The van der Waals surface area contributed by atoms with Crippen LogP contribution in [-0.4, -0.2) is 19.5 Å². The number of para-hydroxylation sites is 3. The summed E-state index contributed by atoms with van der Waals surface area (Å²) in [5.41, 5.74) is 11.9. The zero-order valence-electron chi connectivity index (χ0n) is 35.8. The number of hydrogen-bond donors (Lipinski definition) is 0. The van der Waals surface area contributed by atoms with E-state index in [1.165, 1.54) is 54.2 Å². The fourth-order valence-electron chi connectivity index (χ4n) is 9.95. The van der Waals surface area contributed by atoms with Gasteiger partial charge in [0, 0.05) is 50.2 Å². The summed E-state index contributed by atoms with van der Waals surface area (Å²) in [4.78, 5) is 17.5. The van der Waals surface area contributed by atoms with Gasteiger partial charge in [0.1, 0.15) is 0 Å². The predicted octanol–water partition coefficient (Wildman–Crippen LogP) is 16.0. The molecule has 13 rings (SSSR count). The van der Waals surface area contributed by atoms with Crippen LogP contribution in [0.25, 0.3) is 105 Å². The molecule has 0 saturated carbocycles. The third-order valence-corrected chi connectivity index (χ3v) is 12.9. The first-order chi connectivity index (χ1) is 32.7. The smallest absolute Gasteiger partial charge is 0.164 e. The van der Waals surface area contributed by atoms with Crippen LogP contribution in [0.3, 0.4) is 0 Å². The maximum absolute atomic E-state index is 5.11. The van der Waals surface area contributed by atoms with Gasteiger partial charge in [-0.25, -0.2) is 15.0 Å². The van der Waals surface area contributed by atoms with Crippen molar-refractivity contribution in [1.82, 2.24) is 19.5 Å². The van der Waals surface area contributed by atoms with Crippen LogP contribution in [0.1, 0.15) is 0 Å². The molecule has 66 heavy (non-hydrogen) atoms. The summed E-state index contributed by atoms with van der Waals surface area (Å²) >= 11 is 0. The molecule has 0 unspecified atom stereocenters. The van der Waals surface area contributed by atoms with Crippen LogP contribution in [0.2, 0.25) is 0 Å². The van der Waals surface area contributed by atoms with Crippen molar-refractivity contribution in [2.24, 2.45) is 0 Å². The third-order valence-electron chi connectivity index (χ3n) is 12.9. The second-order valence-corrected chi connectivity index (χ2v) is 16.8. The maximum Gasteiger partial charge on any atom is 0.164 e. The van der Waals surface area contributed by atoms with Crippen molar-refractivity contribution in [2.75, 3.05) is 4.90 Å². The van der Waals surface area contributed by atoms with Crippen molar-refractivity contribution in [2.45, 2.75) is 0 Å². The summed E-state index contributed by atoms with van der Waals surface area (Å²) in [6, 6.07) is 84.1. The van der Waals surface area contributed by atoms with Gasteiger partial charge in [-0.2, -0.15) is 0 Å². The molecule has 5 nitrogen and oxygen atoms in total. The van der Waals surface area contributed by atoms with E-state index in [4.69, 9.17) is 15.0 Å². The van der Waals surface area contributed by atoms with Crippen molar-refractivity contribution in [3.63, 3.8) is 0 Å². The van der Waals surface area contributed by atoms with Gasteiger partial charge < -0.3 is 9.47 Å². The van der Waals surface area contributed by atoms with Gasteiger partial charge in [-0.3, -0.25) is 0 Å². The molecule has 2 heterocycles. The van der Waals surface area contributed by atoms with E-state index in [2.05, 4.69) is 210 Å². The molecule has 0 aliphatic carbocycles. The number of rotatable bonds is 8. The van der Waals surface area contributed by atoms with Crippen LogP contribution in [0, 0.1) is 0 Å². The Morgan fingerprint density at radius 3 is 1.39 bits per heavy atom. The second kappa shape index (κ2) is 15.4. The molecular weight excluding hydrogens is 803 g/mol. The zero-order valence-corrected chi connectivity index (χ0v) is 35.8. The van der Waals surface area contributed by atoms with Crippen molar-refractivity contribution >= 4 is 71.2 Å². The van der Waals surface area contributed by atoms with Gasteiger partial charge in [-0.05, 0) is 104 Å². The Balaban J connectivity index is 0.994. The predicted molar refractivity (Wildman–Crippen MR) is 274 cm³/mol. The van der Waals surface area contributed by atoms with Crippen LogP contribution in [-0.2, 0) is 0 Å². The largest absolute Gasteiger partial charge is 0.311 e. The van der Waals surface area contributed by atoms with E-state index in [1.807, 2.05) is 36.4 Å². The molecule has 0 atom stereocenters. The monoisotopic (exact) mass is 841 g/mol. The Kier molecular flexibility index (Phi) is 8.78. The van der Waals surface area contributed by atoms with E-state index in [1.54, 1.807) is 0 Å². The van der Waals surface area contributed by atoms with Crippen molar-refractivity contribution in [1.29, 1.82) is 0 Å². The zero-order chi connectivity index (χ0) is 43.6. The molecule has 0 aliphatic heterocycles. The number of nitrogens with zero attached hydrogens (tertiary/aromatic N) is 5. The lowest BCUT2D eigenvalue weighted by Crippen LogP contribution is -2.09. The second-order valence-electron chi connectivity index (χ2n) is 16.8. The highest BCUT2D eigenvalue weighted by Gasteiger charge is 2.22. The van der Waals surface area contributed by atoms with Gasteiger partial charge in [0.15, 0.2) is 17.5 Å². The van der Waals surface area contributed by atoms with E-state index in [0.29, 0.717) is 17.5 Å². The topological polar surface area (TPSA) is 46.8 Å².